The van der Waals surface area contributed by atoms with Crippen molar-refractivity contribution in [3.8, 4) is 0 Å². The minimum Gasteiger partial charge on any atom is -0.351 e. The summed E-state index contributed by atoms with van der Waals surface area (Å²) < 4.78 is 0. The van der Waals surface area contributed by atoms with E-state index in [1.165, 1.54) is 0 Å². The number of H-pyrrole nitrogens is 2. The zero-order chi connectivity index (χ0) is 13.2. The number of nitrogens with zero attached hydrogens (tertiary/aromatic N) is 1. The molecule has 0 bridgehead atoms. The minimum atomic E-state index is -0.171. The van der Waals surface area contributed by atoms with E-state index in [9.17, 15) is 4.79 Å². The van der Waals surface area contributed by atoms with Crippen molar-refractivity contribution in [1.82, 2.24) is 15.2 Å². The smallest absolute Gasteiger partial charge is 0.273 e. The average molecular weight is 254 g/mol. The largest absolute Gasteiger partial charge is 0.351 e. The quantitative estimate of drug-likeness (QED) is 0.672. The Labute approximate surface area is 110 Å². The van der Waals surface area contributed by atoms with E-state index in [-0.39, 0.29) is 5.91 Å². The van der Waals surface area contributed by atoms with Crippen molar-refractivity contribution < 1.29 is 4.79 Å². The highest BCUT2D eigenvalue weighted by atomic mass is 16.2. The van der Waals surface area contributed by atoms with Gasteiger partial charge in [-0.25, -0.2) is 0 Å². The van der Waals surface area contributed by atoms with Gasteiger partial charge in [0.25, 0.3) is 5.91 Å². The van der Waals surface area contributed by atoms with Crippen LogP contribution in [0.25, 0.3) is 10.9 Å². The van der Waals surface area contributed by atoms with Gasteiger partial charge in [-0.1, -0.05) is 25.1 Å². The highest BCUT2D eigenvalue weighted by molar-refractivity contribution is 6.05. The highest BCUT2D eigenvalue weighted by Gasteiger charge is 2.12. The molecule has 0 fully saturated rings. The lowest BCUT2D eigenvalue weighted by Gasteiger charge is -2.02. The molecule has 0 aliphatic heterocycles. The summed E-state index contributed by atoms with van der Waals surface area (Å²) in [4.78, 5) is 15.3. The van der Waals surface area contributed by atoms with E-state index < -0.39 is 0 Å². The van der Waals surface area contributed by atoms with Crippen LogP contribution in [0.5, 0.6) is 0 Å². The lowest BCUT2D eigenvalue weighted by atomic mass is 10.2. The molecule has 0 aliphatic rings. The molecule has 0 saturated carbocycles. The molecule has 3 rings (SSSR count). The van der Waals surface area contributed by atoms with Crippen LogP contribution in [0.4, 0.5) is 5.82 Å². The zero-order valence-electron chi connectivity index (χ0n) is 10.5. The number of benzene rings is 1. The lowest BCUT2D eigenvalue weighted by molar-refractivity contribution is 0.102. The average Bonchev–Trinajstić information content (AvgIpc) is 3.03. The Morgan fingerprint density at radius 2 is 2.21 bits per heavy atom. The number of carbonyl (C=O) groups excluding carboxylic acids is 1. The van der Waals surface area contributed by atoms with Crippen LogP contribution in [0.2, 0.25) is 0 Å². The predicted octanol–water partition coefficient (Wildman–Crippen LogP) is 2.71. The third-order valence-corrected chi connectivity index (χ3v) is 3.11. The molecule has 0 aliphatic carbocycles. The maximum absolute atomic E-state index is 12.2. The maximum atomic E-state index is 12.2. The molecule has 5 nitrogen and oxygen atoms in total. The first kappa shape index (κ1) is 11.5. The van der Waals surface area contributed by atoms with Crippen LogP contribution in [-0.2, 0) is 6.42 Å². The lowest BCUT2D eigenvalue weighted by Crippen LogP contribution is -2.13. The summed E-state index contributed by atoms with van der Waals surface area (Å²) >= 11 is 0. The Kier molecular flexibility index (Phi) is 2.79. The number of aromatic amines is 2. The normalized spacial score (nSPS) is 10.8. The number of hydrogen-bond donors (Lipinski definition) is 3. The molecule has 0 spiro atoms. The summed E-state index contributed by atoms with van der Waals surface area (Å²) in [6.45, 7) is 2.02. The number of aryl methyl sites for hydroxylation is 1. The second kappa shape index (κ2) is 4.61. The standard InChI is InChI=1S/C14H14N4O/c1-2-9-8-15-18-13(9)17-14(19)12-7-10-5-3-4-6-11(10)16-12/h3-8,16H,2H2,1H3,(H2,15,17,18,19). The van der Waals surface area contributed by atoms with Gasteiger partial charge in [-0.05, 0) is 18.6 Å². The van der Waals surface area contributed by atoms with E-state index in [0.29, 0.717) is 11.5 Å². The summed E-state index contributed by atoms with van der Waals surface area (Å²) in [7, 11) is 0. The van der Waals surface area contributed by atoms with E-state index in [1.807, 2.05) is 37.3 Å². The molecule has 0 atom stereocenters. The first-order valence-corrected chi connectivity index (χ1v) is 6.19. The second-order valence-corrected chi connectivity index (χ2v) is 4.35. The number of anilines is 1. The molecule has 1 amide bonds. The number of aromatic nitrogens is 3. The highest BCUT2D eigenvalue weighted by Crippen LogP contribution is 2.17. The molecule has 96 valence electrons. The first-order valence-electron chi connectivity index (χ1n) is 6.19. The summed E-state index contributed by atoms with van der Waals surface area (Å²) in [5, 5.41) is 10.6. The van der Waals surface area contributed by atoms with Gasteiger partial charge < -0.3 is 10.3 Å². The minimum absolute atomic E-state index is 0.171. The van der Waals surface area contributed by atoms with Crippen molar-refractivity contribution in [3.63, 3.8) is 0 Å². The Balaban J connectivity index is 1.87. The Morgan fingerprint density at radius 3 is 3.00 bits per heavy atom. The second-order valence-electron chi connectivity index (χ2n) is 4.35. The summed E-state index contributed by atoms with van der Waals surface area (Å²) in [5.74, 6) is 0.487. The zero-order valence-corrected chi connectivity index (χ0v) is 10.5. The van der Waals surface area contributed by atoms with E-state index in [4.69, 9.17) is 0 Å². The van der Waals surface area contributed by atoms with E-state index >= 15 is 0 Å². The van der Waals surface area contributed by atoms with Crippen LogP contribution in [0, 0.1) is 0 Å². The molecule has 3 N–H and O–H groups in total. The van der Waals surface area contributed by atoms with Gasteiger partial charge >= 0.3 is 0 Å². The molecule has 3 aromatic rings. The fourth-order valence-corrected chi connectivity index (χ4v) is 2.06. The predicted molar refractivity (Wildman–Crippen MR) is 74.2 cm³/mol. The van der Waals surface area contributed by atoms with Crippen LogP contribution in [0.1, 0.15) is 23.0 Å². The third-order valence-electron chi connectivity index (χ3n) is 3.11. The summed E-state index contributed by atoms with van der Waals surface area (Å²) in [5.41, 5.74) is 2.48. The molecule has 2 aromatic heterocycles. The number of rotatable bonds is 3. The van der Waals surface area contributed by atoms with Crippen LogP contribution in [0.15, 0.2) is 36.5 Å². The van der Waals surface area contributed by atoms with Crippen molar-refractivity contribution in [2.75, 3.05) is 5.32 Å². The van der Waals surface area contributed by atoms with Crippen LogP contribution in [0.3, 0.4) is 0 Å². The summed E-state index contributed by atoms with van der Waals surface area (Å²) in [6.07, 6.45) is 2.54. The number of para-hydroxylation sites is 1. The van der Waals surface area contributed by atoms with Crippen molar-refractivity contribution >= 4 is 22.6 Å². The van der Waals surface area contributed by atoms with Crippen LogP contribution in [-0.4, -0.2) is 21.1 Å². The van der Waals surface area contributed by atoms with Crippen molar-refractivity contribution in [3.05, 3.63) is 47.8 Å². The molecule has 5 heteroatoms. The van der Waals surface area contributed by atoms with Gasteiger partial charge in [0, 0.05) is 16.5 Å². The fourth-order valence-electron chi connectivity index (χ4n) is 2.06. The molecule has 1 aromatic carbocycles. The Morgan fingerprint density at radius 1 is 1.37 bits per heavy atom. The van der Waals surface area contributed by atoms with Gasteiger partial charge in [0.15, 0.2) is 0 Å². The SMILES string of the molecule is CCc1cn[nH]c1NC(=O)c1cc2ccccc2[nH]1. The van der Waals surface area contributed by atoms with E-state index in [0.717, 1.165) is 22.9 Å². The molecule has 2 heterocycles. The number of fused-ring (bicyclic) bond motifs is 1. The molecular formula is C14H14N4O. The van der Waals surface area contributed by atoms with Gasteiger partial charge in [-0.2, -0.15) is 5.10 Å². The van der Waals surface area contributed by atoms with Gasteiger partial charge in [-0.3, -0.25) is 9.89 Å². The topological polar surface area (TPSA) is 73.6 Å². The maximum Gasteiger partial charge on any atom is 0.273 e. The monoisotopic (exact) mass is 254 g/mol. The molecule has 0 unspecified atom stereocenters. The molecular weight excluding hydrogens is 240 g/mol. The van der Waals surface area contributed by atoms with Gasteiger partial charge in [0.2, 0.25) is 0 Å². The first-order chi connectivity index (χ1) is 9.28. The number of hydrogen-bond acceptors (Lipinski definition) is 2. The van der Waals surface area contributed by atoms with Gasteiger partial charge in [0.05, 0.1) is 6.20 Å². The van der Waals surface area contributed by atoms with Crippen molar-refractivity contribution in [2.45, 2.75) is 13.3 Å². The Bertz CT molecular complexity index is 693. The molecule has 0 radical (unpaired) electrons. The fraction of sp³-hybridized carbons (Fsp3) is 0.143. The Hall–Kier alpha value is -2.56. The van der Waals surface area contributed by atoms with Gasteiger partial charge in [-0.15, -0.1) is 0 Å². The van der Waals surface area contributed by atoms with Gasteiger partial charge in [0.1, 0.15) is 11.5 Å². The van der Waals surface area contributed by atoms with Crippen molar-refractivity contribution in [2.24, 2.45) is 0 Å². The molecule has 0 saturated heterocycles. The van der Waals surface area contributed by atoms with Crippen LogP contribution < -0.4 is 5.32 Å². The number of nitrogens with one attached hydrogen (secondary N) is 3. The third kappa shape index (κ3) is 2.10. The number of carbonyl (C=O) groups is 1. The molecule has 19 heavy (non-hydrogen) atoms. The van der Waals surface area contributed by atoms with Crippen LogP contribution >= 0.6 is 0 Å². The number of amides is 1. The van der Waals surface area contributed by atoms with E-state index in [2.05, 4.69) is 20.5 Å². The van der Waals surface area contributed by atoms with E-state index in [1.54, 1.807) is 6.20 Å². The summed E-state index contributed by atoms with van der Waals surface area (Å²) in [6, 6.07) is 9.63. The van der Waals surface area contributed by atoms with Crippen molar-refractivity contribution in [1.29, 1.82) is 0 Å².